The van der Waals surface area contributed by atoms with Crippen molar-refractivity contribution in [2.45, 2.75) is 41.5 Å². The van der Waals surface area contributed by atoms with Crippen molar-refractivity contribution in [2.75, 3.05) is 26.3 Å². The molecule has 2 rings (SSSR count). The summed E-state index contributed by atoms with van der Waals surface area (Å²) in [6.45, 7) is 12.8. The largest absolute Gasteiger partial charge is 0.461 e. The van der Waals surface area contributed by atoms with Gasteiger partial charge in [0.05, 0.1) is 37.7 Å². The fraction of sp³-hybridized carbons (Fsp3) is 0.455. The molecule has 0 unspecified atom stereocenters. The van der Waals surface area contributed by atoms with Gasteiger partial charge in [0.25, 0.3) is 0 Å². The molecule has 0 aliphatic heterocycles. The van der Waals surface area contributed by atoms with Crippen molar-refractivity contribution >= 4 is 24.4 Å². The first-order valence-corrected chi connectivity index (χ1v) is 10.0. The summed E-state index contributed by atoms with van der Waals surface area (Å²) in [5.41, 5.74) is 6.16. The SMILES string of the molecule is CCOC(=O)c1[nH]c(C=NCCN=Cc2[nH]c(C(=O)OCC)c(C)c2C)c(C)c1C. The van der Waals surface area contributed by atoms with E-state index in [-0.39, 0.29) is 11.9 Å². The lowest BCUT2D eigenvalue weighted by atomic mass is 10.1. The molecule has 0 aromatic carbocycles. The minimum Gasteiger partial charge on any atom is -0.461 e. The summed E-state index contributed by atoms with van der Waals surface area (Å²) < 4.78 is 10.1. The van der Waals surface area contributed by atoms with Crippen LogP contribution in [0, 0.1) is 27.7 Å². The van der Waals surface area contributed by atoms with Crippen LogP contribution >= 0.6 is 0 Å². The summed E-state index contributed by atoms with van der Waals surface area (Å²) in [5.74, 6) is -0.720. The van der Waals surface area contributed by atoms with E-state index in [0.717, 1.165) is 33.6 Å². The van der Waals surface area contributed by atoms with E-state index in [9.17, 15) is 9.59 Å². The molecule has 2 aromatic heterocycles. The fourth-order valence-corrected chi connectivity index (χ4v) is 2.92. The zero-order valence-corrected chi connectivity index (χ0v) is 18.5. The number of hydrogen-bond donors (Lipinski definition) is 2. The van der Waals surface area contributed by atoms with E-state index < -0.39 is 0 Å². The smallest absolute Gasteiger partial charge is 0.355 e. The van der Waals surface area contributed by atoms with E-state index in [4.69, 9.17) is 9.47 Å². The van der Waals surface area contributed by atoms with Gasteiger partial charge < -0.3 is 19.4 Å². The lowest BCUT2D eigenvalue weighted by Gasteiger charge is -1.99. The second-order valence-electron chi connectivity index (χ2n) is 6.84. The summed E-state index contributed by atoms with van der Waals surface area (Å²) in [7, 11) is 0. The van der Waals surface area contributed by atoms with Crippen LogP contribution in [0.3, 0.4) is 0 Å². The van der Waals surface area contributed by atoms with Crippen LogP contribution in [0.25, 0.3) is 0 Å². The van der Waals surface area contributed by atoms with E-state index in [1.807, 2.05) is 27.7 Å². The Morgan fingerprint density at radius 3 is 1.43 bits per heavy atom. The average Bonchev–Trinajstić information content (AvgIpc) is 3.16. The molecule has 8 nitrogen and oxygen atoms in total. The standard InChI is InChI=1S/C22H30N4O4/c1-7-29-21(27)19-15(5)13(3)17(25-19)11-23-9-10-24-12-18-14(4)16(6)20(26-18)22(28)30-8-2/h11-12,25-26H,7-10H2,1-6H3. The number of nitrogens with one attached hydrogen (secondary N) is 2. The van der Waals surface area contributed by atoms with Crippen molar-refractivity contribution in [3.8, 4) is 0 Å². The van der Waals surface area contributed by atoms with E-state index >= 15 is 0 Å². The molecule has 0 aliphatic carbocycles. The monoisotopic (exact) mass is 414 g/mol. The maximum atomic E-state index is 12.0. The van der Waals surface area contributed by atoms with Gasteiger partial charge in [0, 0.05) is 12.4 Å². The number of aliphatic imine (C=N–C) groups is 2. The highest BCUT2D eigenvalue weighted by molar-refractivity contribution is 5.93. The van der Waals surface area contributed by atoms with Gasteiger partial charge in [-0.3, -0.25) is 9.98 Å². The van der Waals surface area contributed by atoms with Crippen LogP contribution < -0.4 is 0 Å². The summed E-state index contributed by atoms with van der Waals surface area (Å²) in [5, 5.41) is 0. The molecule has 30 heavy (non-hydrogen) atoms. The zero-order chi connectivity index (χ0) is 22.3. The Kier molecular flexibility index (Phi) is 8.15. The van der Waals surface area contributed by atoms with Gasteiger partial charge in [0.2, 0.25) is 0 Å². The Bertz CT molecular complexity index is 888. The van der Waals surface area contributed by atoms with Gasteiger partial charge in [-0.1, -0.05) is 0 Å². The van der Waals surface area contributed by atoms with Crippen LogP contribution in [0.1, 0.15) is 68.5 Å². The van der Waals surface area contributed by atoms with Gasteiger partial charge in [-0.15, -0.1) is 0 Å². The van der Waals surface area contributed by atoms with Crippen LogP contribution in [0.2, 0.25) is 0 Å². The van der Waals surface area contributed by atoms with E-state index in [2.05, 4.69) is 20.0 Å². The van der Waals surface area contributed by atoms with Crippen molar-refractivity contribution in [1.82, 2.24) is 9.97 Å². The Labute approximate surface area is 176 Å². The predicted octanol–water partition coefficient (Wildman–Crippen LogP) is 3.47. The molecule has 0 fully saturated rings. The molecule has 0 bridgehead atoms. The average molecular weight is 415 g/mol. The van der Waals surface area contributed by atoms with Crippen LogP contribution in [0.4, 0.5) is 0 Å². The molecule has 162 valence electrons. The molecular formula is C22H30N4O4. The van der Waals surface area contributed by atoms with Crippen molar-refractivity contribution in [1.29, 1.82) is 0 Å². The number of hydrogen-bond acceptors (Lipinski definition) is 6. The number of ether oxygens (including phenoxy) is 2. The Hall–Kier alpha value is -3.16. The van der Waals surface area contributed by atoms with Crippen molar-refractivity contribution in [3.05, 3.63) is 45.0 Å². The number of nitrogens with zero attached hydrogens (tertiary/aromatic N) is 2. The highest BCUT2D eigenvalue weighted by Crippen LogP contribution is 2.18. The lowest BCUT2D eigenvalue weighted by molar-refractivity contribution is 0.0510. The molecule has 8 heteroatoms. The van der Waals surface area contributed by atoms with Crippen LogP contribution in [0.5, 0.6) is 0 Å². The van der Waals surface area contributed by atoms with Crippen molar-refractivity contribution in [3.63, 3.8) is 0 Å². The van der Waals surface area contributed by atoms with Gasteiger partial charge in [-0.2, -0.15) is 0 Å². The molecule has 0 spiro atoms. The van der Waals surface area contributed by atoms with Gasteiger partial charge in [-0.05, 0) is 63.8 Å². The highest BCUT2D eigenvalue weighted by Gasteiger charge is 2.17. The Morgan fingerprint density at radius 2 is 1.10 bits per heavy atom. The molecule has 0 radical (unpaired) electrons. The minimum atomic E-state index is -0.360. The Morgan fingerprint density at radius 1 is 0.733 bits per heavy atom. The Balaban J connectivity index is 1.97. The fourth-order valence-electron chi connectivity index (χ4n) is 2.92. The molecule has 0 saturated heterocycles. The van der Waals surface area contributed by atoms with E-state index in [0.29, 0.717) is 37.7 Å². The van der Waals surface area contributed by atoms with Gasteiger partial charge in [0.15, 0.2) is 0 Å². The quantitative estimate of drug-likeness (QED) is 0.372. The summed E-state index contributed by atoms with van der Waals surface area (Å²) in [4.78, 5) is 38.9. The van der Waals surface area contributed by atoms with Crippen molar-refractivity contribution < 1.29 is 19.1 Å². The van der Waals surface area contributed by atoms with Crippen LogP contribution in [0.15, 0.2) is 9.98 Å². The second kappa shape index (κ2) is 10.6. The normalized spacial score (nSPS) is 11.5. The van der Waals surface area contributed by atoms with Crippen LogP contribution in [-0.4, -0.2) is 60.6 Å². The van der Waals surface area contributed by atoms with Crippen LogP contribution in [-0.2, 0) is 9.47 Å². The van der Waals surface area contributed by atoms with E-state index in [1.165, 1.54) is 0 Å². The predicted molar refractivity (Wildman–Crippen MR) is 117 cm³/mol. The number of H-pyrrole nitrogens is 2. The summed E-state index contributed by atoms with van der Waals surface area (Å²) >= 11 is 0. The summed E-state index contributed by atoms with van der Waals surface area (Å²) in [6, 6.07) is 0. The zero-order valence-electron chi connectivity index (χ0n) is 18.5. The number of rotatable bonds is 9. The van der Waals surface area contributed by atoms with Crippen molar-refractivity contribution in [2.24, 2.45) is 9.98 Å². The molecule has 0 aliphatic rings. The molecule has 2 aromatic rings. The first kappa shape index (κ1) is 23.1. The second-order valence-corrected chi connectivity index (χ2v) is 6.84. The molecule has 2 heterocycles. The first-order chi connectivity index (χ1) is 14.3. The molecule has 0 amide bonds. The molecule has 2 N–H and O–H groups in total. The number of carbonyl (C=O) groups is 2. The highest BCUT2D eigenvalue weighted by atomic mass is 16.5. The molecular weight excluding hydrogens is 384 g/mol. The third-order valence-electron chi connectivity index (χ3n) is 4.96. The lowest BCUT2D eigenvalue weighted by Crippen LogP contribution is -2.06. The van der Waals surface area contributed by atoms with Gasteiger partial charge >= 0.3 is 11.9 Å². The third kappa shape index (κ3) is 5.25. The summed E-state index contributed by atoms with van der Waals surface area (Å²) in [6.07, 6.45) is 3.42. The third-order valence-corrected chi connectivity index (χ3v) is 4.96. The van der Waals surface area contributed by atoms with Gasteiger partial charge in [0.1, 0.15) is 11.4 Å². The number of carbonyl (C=O) groups excluding carboxylic acids is 2. The molecule has 0 saturated carbocycles. The minimum absolute atomic E-state index is 0.332. The van der Waals surface area contributed by atoms with Gasteiger partial charge in [-0.25, -0.2) is 9.59 Å². The van der Waals surface area contributed by atoms with E-state index in [1.54, 1.807) is 26.3 Å². The number of aromatic nitrogens is 2. The topological polar surface area (TPSA) is 109 Å². The molecule has 0 atom stereocenters. The maximum absolute atomic E-state index is 12.0. The number of aromatic amines is 2. The first-order valence-electron chi connectivity index (χ1n) is 10.0. The number of esters is 2. The maximum Gasteiger partial charge on any atom is 0.355 e.